The Hall–Kier alpha value is -3.00. The van der Waals surface area contributed by atoms with E-state index < -0.39 is 27.6 Å². The predicted octanol–water partition coefficient (Wildman–Crippen LogP) is 2.65. The lowest BCUT2D eigenvalue weighted by molar-refractivity contribution is 0.0404. The number of aliphatic hydroxyl groups is 1. The minimum absolute atomic E-state index is 0.00770. The van der Waals surface area contributed by atoms with E-state index in [-0.39, 0.29) is 10.5 Å². The van der Waals surface area contributed by atoms with Gasteiger partial charge in [-0.2, -0.15) is 0 Å². The standard InChI is InChI=1S/C23H24N2O4S/c1-17(25-22(26)18-10-9-15-21(16-18)30(28,29)24-2)23(27,19-11-5-3-6-12-19)20-13-7-4-8-14-20/h3-17,24,27H,1-2H3,(H,25,26)/t17-/m0/s1. The van der Waals surface area contributed by atoms with Gasteiger partial charge in [0, 0.05) is 5.56 Å². The maximum Gasteiger partial charge on any atom is 0.251 e. The highest BCUT2D eigenvalue weighted by Crippen LogP contribution is 2.33. The molecule has 0 heterocycles. The molecule has 156 valence electrons. The molecule has 0 aliphatic heterocycles. The number of amides is 1. The SMILES string of the molecule is CNS(=O)(=O)c1cccc(C(=O)N[C@@H](C)C(O)(c2ccccc2)c2ccccc2)c1. The van der Waals surface area contributed by atoms with Gasteiger partial charge in [-0.05, 0) is 43.3 Å². The van der Waals surface area contributed by atoms with E-state index in [2.05, 4.69) is 10.0 Å². The number of hydrogen-bond acceptors (Lipinski definition) is 4. The van der Waals surface area contributed by atoms with Gasteiger partial charge in [0.15, 0.2) is 0 Å². The molecule has 3 aromatic carbocycles. The Bertz CT molecular complexity index is 1080. The molecule has 0 aromatic heterocycles. The molecule has 0 unspecified atom stereocenters. The Morgan fingerprint density at radius 3 is 1.93 bits per heavy atom. The van der Waals surface area contributed by atoms with Crippen LogP contribution in [-0.4, -0.2) is 32.5 Å². The monoisotopic (exact) mass is 424 g/mol. The molecular formula is C23H24N2O4S. The molecular weight excluding hydrogens is 400 g/mol. The summed E-state index contributed by atoms with van der Waals surface area (Å²) in [6, 6.07) is 23.2. The van der Waals surface area contributed by atoms with Gasteiger partial charge < -0.3 is 10.4 Å². The van der Waals surface area contributed by atoms with Gasteiger partial charge in [0.2, 0.25) is 10.0 Å². The summed E-state index contributed by atoms with van der Waals surface area (Å²) in [7, 11) is -2.37. The third-order valence-electron chi connectivity index (χ3n) is 5.08. The molecule has 0 aliphatic rings. The molecule has 30 heavy (non-hydrogen) atoms. The highest BCUT2D eigenvalue weighted by atomic mass is 32.2. The van der Waals surface area contributed by atoms with Gasteiger partial charge in [0.05, 0.1) is 10.9 Å². The van der Waals surface area contributed by atoms with Gasteiger partial charge in [0.25, 0.3) is 5.91 Å². The summed E-state index contributed by atoms with van der Waals surface area (Å²) in [6.45, 7) is 1.71. The Balaban J connectivity index is 1.95. The molecule has 1 atom stereocenters. The number of rotatable bonds is 7. The van der Waals surface area contributed by atoms with E-state index >= 15 is 0 Å². The van der Waals surface area contributed by atoms with Crippen LogP contribution in [0.5, 0.6) is 0 Å². The second-order valence-corrected chi connectivity index (χ2v) is 8.82. The summed E-state index contributed by atoms with van der Waals surface area (Å²) < 4.78 is 26.3. The van der Waals surface area contributed by atoms with Crippen molar-refractivity contribution in [3.63, 3.8) is 0 Å². The molecule has 6 nitrogen and oxygen atoms in total. The third kappa shape index (κ3) is 4.28. The number of sulfonamides is 1. The number of nitrogens with one attached hydrogen (secondary N) is 2. The number of carbonyl (C=O) groups excluding carboxylic acids is 1. The van der Waals surface area contributed by atoms with E-state index in [1.54, 1.807) is 31.2 Å². The second-order valence-electron chi connectivity index (χ2n) is 6.93. The quantitative estimate of drug-likeness (QED) is 0.543. The minimum atomic E-state index is -3.68. The van der Waals surface area contributed by atoms with Crippen LogP contribution in [-0.2, 0) is 15.6 Å². The average molecular weight is 425 g/mol. The molecule has 3 aromatic rings. The van der Waals surface area contributed by atoms with Crippen molar-refractivity contribution in [2.45, 2.75) is 23.5 Å². The normalized spacial score (nSPS) is 12.9. The predicted molar refractivity (Wildman–Crippen MR) is 115 cm³/mol. The lowest BCUT2D eigenvalue weighted by Crippen LogP contribution is -2.49. The van der Waals surface area contributed by atoms with E-state index in [1.165, 1.54) is 31.3 Å². The minimum Gasteiger partial charge on any atom is -0.378 e. The van der Waals surface area contributed by atoms with E-state index in [4.69, 9.17) is 0 Å². The Labute approximate surface area is 176 Å². The Kier molecular flexibility index (Phi) is 6.36. The Morgan fingerprint density at radius 2 is 1.43 bits per heavy atom. The number of hydrogen-bond donors (Lipinski definition) is 3. The van der Waals surface area contributed by atoms with E-state index in [0.29, 0.717) is 11.1 Å². The molecule has 3 rings (SSSR count). The molecule has 1 amide bonds. The first kappa shape index (κ1) is 21.7. The summed E-state index contributed by atoms with van der Waals surface area (Å²) in [6.07, 6.45) is 0. The first-order chi connectivity index (χ1) is 14.3. The lowest BCUT2D eigenvalue weighted by atomic mass is 9.80. The molecule has 0 bridgehead atoms. The zero-order valence-corrected chi connectivity index (χ0v) is 17.6. The average Bonchev–Trinajstić information content (AvgIpc) is 2.79. The molecule has 3 N–H and O–H groups in total. The van der Waals surface area contributed by atoms with Crippen LogP contribution in [0.3, 0.4) is 0 Å². The van der Waals surface area contributed by atoms with E-state index in [1.807, 2.05) is 36.4 Å². The van der Waals surface area contributed by atoms with Gasteiger partial charge in [-0.25, -0.2) is 13.1 Å². The van der Waals surface area contributed by atoms with Crippen LogP contribution >= 0.6 is 0 Å². The molecule has 0 aliphatic carbocycles. The fraction of sp³-hybridized carbons (Fsp3) is 0.174. The van der Waals surface area contributed by atoms with Crippen molar-refractivity contribution in [2.75, 3.05) is 7.05 Å². The van der Waals surface area contributed by atoms with E-state index in [9.17, 15) is 18.3 Å². The van der Waals surface area contributed by atoms with E-state index in [0.717, 1.165) is 0 Å². The first-order valence-corrected chi connectivity index (χ1v) is 10.9. The van der Waals surface area contributed by atoms with Crippen molar-refractivity contribution >= 4 is 15.9 Å². The largest absolute Gasteiger partial charge is 0.378 e. The fourth-order valence-corrected chi connectivity index (χ4v) is 4.13. The topological polar surface area (TPSA) is 95.5 Å². The van der Waals surface area contributed by atoms with Gasteiger partial charge in [-0.1, -0.05) is 66.7 Å². The van der Waals surface area contributed by atoms with Crippen molar-refractivity contribution in [1.29, 1.82) is 0 Å². The first-order valence-electron chi connectivity index (χ1n) is 9.47. The molecule has 0 spiro atoms. The summed E-state index contributed by atoms with van der Waals surface area (Å²) in [5.74, 6) is -0.485. The van der Waals surface area contributed by atoms with Crippen LogP contribution in [0.15, 0.2) is 89.8 Å². The molecule has 7 heteroatoms. The lowest BCUT2D eigenvalue weighted by Gasteiger charge is -2.35. The summed E-state index contributed by atoms with van der Waals surface area (Å²) in [4.78, 5) is 12.9. The zero-order chi connectivity index (χ0) is 21.8. The van der Waals surface area contributed by atoms with Crippen LogP contribution in [0.25, 0.3) is 0 Å². The van der Waals surface area contributed by atoms with Crippen molar-refractivity contribution in [1.82, 2.24) is 10.0 Å². The molecule has 0 saturated carbocycles. The van der Waals surface area contributed by atoms with Crippen molar-refractivity contribution < 1.29 is 18.3 Å². The molecule has 0 fully saturated rings. The van der Waals surface area contributed by atoms with Crippen molar-refractivity contribution in [2.24, 2.45) is 0 Å². The van der Waals surface area contributed by atoms with Crippen LogP contribution in [0.4, 0.5) is 0 Å². The number of carbonyl (C=O) groups is 1. The summed E-state index contributed by atoms with van der Waals surface area (Å²) in [5.41, 5.74) is -0.0278. The van der Waals surface area contributed by atoms with Gasteiger partial charge in [0.1, 0.15) is 5.60 Å². The van der Waals surface area contributed by atoms with Crippen LogP contribution < -0.4 is 10.0 Å². The highest BCUT2D eigenvalue weighted by molar-refractivity contribution is 7.89. The van der Waals surface area contributed by atoms with Crippen LogP contribution in [0, 0.1) is 0 Å². The van der Waals surface area contributed by atoms with Crippen molar-refractivity contribution in [3.05, 3.63) is 102 Å². The fourth-order valence-electron chi connectivity index (χ4n) is 3.36. The highest BCUT2D eigenvalue weighted by Gasteiger charge is 2.38. The maximum atomic E-state index is 12.9. The number of benzene rings is 3. The zero-order valence-electron chi connectivity index (χ0n) is 16.7. The third-order valence-corrected chi connectivity index (χ3v) is 6.49. The molecule has 0 saturated heterocycles. The van der Waals surface area contributed by atoms with Crippen LogP contribution in [0.2, 0.25) is 0 Å². The molecule has 0 radical (unpaired) electrons. The van der Waals surface area contributed by atoms with Crippen molar-refractivity contribution in [3.8, 4) is 0 Å². The van der Waals surface area contributed by atoms with Gasteiger partial charge in [-0.3, -0.25) is 4.79 Å². The smallest absolute Gasteiger partial charge is 0.251 e. The van der Waals surface area contributed by atoms with Gasteiger partial charge in [-0.15, -0.1) is 0 Å². The Morgan fingerprint density at radius 1 is 0.900 bits per heavy atom. The summed E-state index contributed by atoms with van der Waals surface area (Å²) >= 11 is 0. The summed E-state index contributed by atoms with van der Waals surface area (Å²) in [5, 5.41) is 14.5. The maximum absolute atomic E-state index is 12.9. The van der Waals surface area contributed by atoms with Crippen LogP contribution in [0.1, 0.15) is 28.4 Å². The second kappa shape index (κ2) is 8.79. The van der Waals surface area contributed by atoms with Gasteiger partial charge >= 0.3 is 0 Å².